The lowest BCUT2D eigenvalue weighted by Gasteiger charge is -2.36. The van der Waals surface area contributed by atoms with Crippen molar-refractivity contribution in [3.63, 3.8) is 0 Å². The Labute approximate surface area is 183 Å². The summed E-state index contributed by atoms with van der Waals surface area (Å²) in [5.41, 5.74) is 5.26. The highest BCUT2D eigenvalue weighted by Gasteiger charge is 2.42. The van der Waals surface area contributed by atoms with Crippen LogP contribution in [0.15, 0.2) is 47.5 Å². The predicted molar refractivity (Wildman–Crippen MR) is 123 cm³/mol. The van der Waals surface area contributed by atoms with Crippen LogP contribution in [-0.2, 0) is 16.0 Å². The van der Waals surface area contributed by atoms with E-state index in [1.807, 2.05) is 49.4 Å². The lowest BCUT2D eigenvalue weighted by molar-refractivity contribution is -0.119. The molecule has 1 fully saturated rings. The van der Waals surface area contributed by atoms with Gasteiger partial charge in [0.15, 0.2) is 0 Å². The number of likely N-dealkylation sites (tertiary alicyclic amines) is 1. The van der Waals surface area contributed by atoms with Crippen LogP contribution in [-0.4, -0.2) is 47.7 Å². The average Bonchev–Trinajstić information content (AvgIpc) is 3.08. The van der Waals surface area contributed by atoms with E-state index >= 15 is 0 Å². The summed E-state index contributed by atoms with van der Waals surface area (Å²) >= 11 is 0. The third-order valence-electron chi connectivity index (χ3n) is 6.36. The van der Waals surface area contributed by atoms with Gasteiger partial charge in [0.05, 0.1) is 6.54 Å². The Balaban J connectivity index is 1.35. The number of amides is 2. The summed E-state index contributed by atoms with van der Waals surface area (Å²) in [6.45, 7) is 7.98. The number of rotatable bonds is 5. The zero-order valence-corrected chi connectivity index (χ0v) is 18.5. The van der Waals surface area contributed by atoms with Gasteiger partial charge < -0.3 is 10.6 Å². The molecule has 6 nitrogen and oxygen atoms in total. The number of carbonyl (C=O) groups excluding carboxylic acids is 2. The van der Waals surface area contributed by atoms with Gasteiger partial charge in [-0.15, -0.1) is 0 Å². The molecule has 1 spiro atoms. The summed E-state index contributed by atoms with van der Waals surface area (Å²) in [6.07, 6.45) is 2.38. The zero-order valence-electron chi connectivity index (χ0n) is 18.5. The van der Waals surface area contributed by atoms with E-state index in [1.165, 1.54) is 11.1 Å². The first-order chi connectivity index (χ1) is 14.9. The first-order valence-corrected chi connectivity index (χ1v) is 11.0. The molecule has 1 saturated heterocycles. The van der Waals surface area contributed by atoms with E-state index in [2.05, 4.69) is 29.4 Å². The Morgan fingerprint density at radius 3 is 2.45 bits per heavy atom. The minimum atomic E-state index is -0.547. The summed E-state index contributed by atoms with van der Waals surface area (Å²) in [5.74, 6) is -0.125. The molecule has 0 atom stereocenters. The van der Waals surface area contributed by atoms with E-state index in [1.54, 1.807) is 0 Å². The molecule has 2 heterocycles. The van der Waals surface area contributed by atoms with Gasteiger partial charge in [0, 0.05) is 37.2 Å². The van der Waals surface area contributed by atoms with Crippen molar-refractivity contribution >= 4 is 23.2 Å². The Morgan fingerprint density at radius 1 is 1.10 bits per heavy atom. The van der Waals surface area contributed by atoms with Crippen molar-refractivity contribution in [2.24, 2.45) is 4.99 Å². The predicted octanol–water partition coefficient (Wildman–Crippen LogP) is 3.22. The van der Waals surface area contributed by atoms with Crippen molar-refractivity contribution in [2.45, 2.75) is 45.7 Å². The topological polar surface area (TPSA) is 73.8 Å². The Kier molecular flexibility index (Phi) is 5.92. The van der Waals surface area contributed by atoms with E-state index in [0.29, 0.717) is 38.2 Å². The standard InChI is InChI=1S/C25H30N4O2/c1-4-19-6-9-21(10-7-19)26-22(30)16-29-13-11-25(12-14-29)27-23(24(31)28-25)20-8-5-17(2)18(3)15-20/h5-10,15H,4,11-14,16H2,1-3H3,(H,26,30)(H,28,31). The summed E-state index contributed by atoms with van der Waals surface area (Å²) in [7, 11) is 0. The molecule has 2 aliphatic heterocycles. The first-order valence-electron chi connectivity index (χ1n) is 11.0. The molecule has 0 radical (unpaired) electrons. The zero-order chi connectivity index (χ0) is 22.0. The maximum absolute atomic E-state index is 12.6. The van der Waals surface area contributed by atoms with Crippen LogP contribution in [0.1, 0.15) is 42.0 Å². The molecule has 2 amide bonds. The SMILES string of the molecule is CCc1ccc(NC(=O)CN2CCC3(CC2)N=C(c2ccc(C)c(C)c2)C(=O)N3)cc1. The molecule has 2 N–H and O–H groups in total. The molecule has 4 rings (SSSR count). The fourth-order valence-corrected chi connectivity index (χ4v) is 4.19. The Hall–Kier alpha value is -2.99. The Morgan fingerprint density at radius 2 is 1.81 bits per heavy atom. The molecule has 31 heavy (non-hydrogen) atoms. The molecule has 162 valence electrons. The van der Waals surface area contributed by atoms with E-state index < -0.39 is 5.66 Å². The highest BCUT2D eigenvalue weighted by molar-refractivity contribution is 6.46. The molecule has 2 aromatic carbocycles. The number of anilines is 1. The maximum atomic E-state index is 12.6. The highest BCUT2D eigenvalue weighted by atomic mass is 16.2. The molecule has 0 aliphatic carbocycles. The fourth-order valence-electron chi connectivity index (χ4n) is 4.19. The van der Waals surface area contributed by atoms with E-state index in [0.717, 1.165) is 23.2 Å². The number of nitrogens with zero attached hydrogens (tertiary/aromatic N) is 2. The molecule has 6 heteroatoms. The van der Waals surface area contributed by atoms with E-state index in [9.17, 15) is 9.59 Å². The van der Waals surface area contributed by atoms with Crippen LogP contribution in [0.2, 0.25) is 0 Å². The number of aryl methyl sites for hydroxylation is 3. The molecule has 0 aromatic heterocycles. The molecular formula is C25H30N4O2. The lowest BCUT2D eigenvalue weighted by Crippen LogP contribution is -2.52. The monoisotopic (exact) mass is 418 g/mol. The van der Waals surface area contributed by atoms with Gasteiger partial charge in [0.25, 0.3) is 5.91 Å². The smallest absolute Gasteiger partial charge is 0.272 e. The van der Waals surface area contributed by atoms with Crippen molar-refractivity contribution in [3.8, 4) is 0 Å². The van der Waals surface area contributed by atoms with E-state index in [4.69, 9.17) is 4.99 Å². The minimum absolute atomic E-state index is 0.0185. The summed E-state index contributed by atoms with van der Waals surface area (Å²) in [5, 5.41) is 6.08. The number of benzene rings is 2. The number of hydrogen-bond donors (Lipinski definition) is 2. The van der Waals surface area contributed by atoms with Crippen LogP contribution in [0.3, 0.4) is 0 Å². The van der Waals surface area contributed by atoms with Crippen molar-refractivity contribution < 1.29 is 9.59 Å². The van der Waals surface area contributed by atoms with Crippen LogP contribution >= 0.6 is 0 Å². The van der Waals surface area contributed by atoms with Crippen molar-refractivity contribution in [2.75, 3.05) is 25.0 Å². The van der Waals surface area contributed by atoms with Crippen LogP contribution in [0.4, 0.5) is 5.69 Å². The van der Waals surface area contributed by atoms with Gasteiger partial charge in [-0.25, -0.2) is 0 Å². The molecule has 0 saturated carbocycles. The second-order valence-electron chi connectivity index (χ2n) is 8.62. The fraction of sp³-hybridized carbons (Fsp3) is 0.400. The third-order valence-corrected chi connectivity index (χ3v) is 6.36. The van der Waals surface area contributed by atoms with Gasteiger partial charge in [-0.2, -0.15) is 0 Å². The number of carbonyl (C=O) groups is 2. The second kappa shape index (κ2) is 8.63. The minimum Gasteiger partial charge on any atom is -0.326 e. The second-order valence-corrected chi connectivity index (χ2v) is 8.62. The number of piperidine rings is 1. The van der Waals surface area contributed by atoms with Crippen LogP contribution in [0, 0.1) is 13.8 Å². The van der Waals surface area contributed by atoms with Crippen molar-refractivity contribution in [1.82, 2.24) is 10.2 Å². The van der Waals surface area contributed by atoms with Gasteiger partial charge in [-0.3, -0.25) is 19.5 Å². The number of nitrogens with one attached hydrogen (secondary N) is 2. The van der Waals surface area contributed by atoms with Gasteiger partial charge in [0.2, 0.25) is 5.91 Å². The highest BCUT2D eigenvalue weighted by Crippen LogP contribution is 2.29. The van der Waals surface area contributed by atoms with Gasteiger partial charge in [0.1, 0.15) is 11.4 Å². The maximum Gasteiger partial charge on any atom is 0.272 e. The normalized spacial score (nSPS) is 18.0. The van der Waals surface area contributed by atoms with Crippen LogP contribution < -0.4 is 10.6 Å². The lowest BCUT2D eigenvalue weighted by atomic mass is 9.98. The van der Waals surface area contributed by atoms with Crippen LogP contribution in [0.25, 0.3) is 0 Å². The van der Waals surface area contributed by atoms with Gasteiger partial charge in [-0.05, 0) is 55.2 Å². The molecule has 0 unspecified atom stereocenters. The van der Waals surface area contributed by atoms with Crippen molar-refractivity contribution in [1.29, 1.82) is 0 Å². The third kappa shape index (κ3) is 4.69. The summed E-state index contributed by atoms with van der Waals surface area (Å²) in [4.78, 5) is 32.0. The van der Waals surface area contributed by atoms with Gasteiger partial charge >= 0.3 is 0 Å². The molecule has 0 bridgehead atoms. The number of aliphatic imine (C=N–C) groups is 1. The van der Waals surface area contributed by atoms with Crippen LogP contribution in [0.5, 0.6) is 0 Å². The van der Waals surface area contributed by atoms with E-state index in [-0.39, 0.29) is 11.8 Å². The van der Waals surface area contributed by atoms with Gasteiger partial charge in [-0.1, -0.05) is 31.2 Å². The first kappa shape index (κ1) is 21.2. The summed E-state index contributed by atoms with van der Waals surface area (Å²) in [6, 6.07) is 14.0. The molecule has 2 aliphatic rings. The van der Waals surface area contributed by atoms with Crippen molar-refractivity contribution in [3.05, 3.63) is 64.7 Å². The molecule has 2 aromatic rings. The summed E-state index contributed by atoms with van der Waals surface area (Å²) < 4.78 is 0. The number of hydrogen-bond acceptors (Lipinski definition) is 4. The molecular weight excluding hydrogens is 388 g/mol. The quantitative estimate of drug-likeness (QED) is 0.783. The average molecular weight is 419 g/mol. The Bertz CT molecular complexity index is 1020. The largest absolute Gasteiger partial charge is 0.326 e.